The van der Waals surface area contributed by atoms with Crippen molar-refractivity contribution in [1.82, 2.24) is 9.80 Å². The summed E-state index contributed by atoms with van der Waals surface area (Å²) in [6.07, 6.45) is 8.58. The van der Waals surface area contributed by atoms with Gasteiger partial charge in [-0.15, -0.1) is 24.6 Å². The smallest absolute Gasteiger partial charge is 0.416 e. The molecule has 6 rings (SSSR count). The van der Waals surface area contributed by atoms with Gasteiger partial charge in [0.25, 0.3) is 11.8 Å². The number of nitrogens with zero attached hydrogens (tertiary/aromatic N) is 3. The van der Waals surface area contributed by atoms with E-state index in [1.54, 1.807) is 12.1 Å². The third-order valence-corrected chi connectivity index (χ3v) is 11.3. The van der Waals surface area contributed by atoms with E-state index < -0.39 is 24.4 Å². The fourth-order valence-electron chi connectivity index (χ4n) is 7.15. The third kappa shape index (κ3) is 9.60. The Balaban J connectivity index is 0.00000305. The van der Waals surface area contributed by atoms with Gasteiger partial charge in [-0.2, -0.15) is 12.6 Å². The van der Waals surface area contributed by atoms with E-state index in [-0.39, 0.29) is 52.8 Å². The van der Waals surface area contributed by atoms with Gasteiger partial charge in [0.1, 0.15) is 12.6 Å². The molecule has 0 spiro atoms. The van der Waals surface area contributed by atoms with Crippen molar-refractivity contribution in [1.29, 1.82) is 0 Å². The predicted molar refractivity (Wildman–Crippen MR) is 222 cm³/mol. The molecule has 4 heterocycles. The number of ether oxygens (including phenoxy) is 5. The summed E-state index contributed by atoms with van der Waals surface area (Å²) in [5.74, 6) is 0.972. The Morgan fingerprint density at radius 1 is 0.877 bits per heavy atom. The number of aliphatic hydroxyl groups is 1. The summed E-state index contributed by atoms with van der Waals surface area (Å²) in [5.41, 5.74) is 2.64. The molecule has 4 aliphatic heterocycles. The molecule has 2 fully saturated rings. The van der Waals surface area contributed by atoms with Crippen LogP contribution in [0.25, 0.3) is 0 Å². The monoisotopic (exact) mass is 822 g/mol. The van der Waals surface area contributed by atoms with E-state index in [0.717, 1.165) is 16.0 Å². The summed E-state index contributed by atoms with van der Waals surface area (Å²) >= 11 is 6.02. The van der Waals surface area contributed by atoms with Gasteiger partial charge in [-0.3, -0.25) is 14.4 Å². The highest BCUT2D eigenvalue weighted by Gasteiger charge is 2.46. The molecule has 1 unspecified atom stereocenters. The number of carbonyl (C=O) groups excluding carboxylic acids is 4. The summed E-state index contributed by atoms with van der Waals surface area (Å²) in [7, 11) is 2.96. The summed E-state index contributed by atoms with van der Waals surface area (Å²) in [5, 5.41) is 14.4. The number of rotatable bonds is 14. The topological polar surface area (TPSA) is 156 Å². The van der Waals surface area contributed by atoms with Gasteiger partial charge in [0.05, 0.1) is 60.1 Å². The number of aliphatic hydroxyl groups excluding tert-OH is 1. The maximum absolute atomic E-state index is 13.8. The highest BCUT2D eigenvalue weighted by molar-refractivity contribution is 8.11. The first kappa shape index (κ1) is 43.1. The molecule has 2 N–H and O–H groups in total. The molecule has 306 valence electrons. The maximum Gasteiger partial charge on any atom is 0.416 e. The molecule has 14 nitrogen and oxygen atoms in total. The van der Waals surface area contributed by atoms with Crippen LogP contribution in [-0.2, 0) is 9.53 Å². The Hall–Kier alpha value is -4.98. The number of carbonyl (C=O) groups is 4. The van der Waals surface area contributed by atoms with E-state index in [2.05, 4.69) is 44.0 Å². The standard InChI is InChI=1S/C39H48N4O10S2.C2H2/c1-22-14-28-34(44)40-26-18-32(30(49-5)16-24(26)35(45)41(28)20-22)51-10-8-7-9-11-52-33-19-27-25(17-31(33)50-6)36(46)42-21-23(2)15-29(42)37(47)43(27)38(48)53-12-13-55-39(3,4)54;1-2/h16-19,28-29,37,47,54H,1-2,7-15,20-21H2,3-6H3,(H,40,44);1-2H/t28?,29-,37-;/m0./s1. The van der Waals surface area contributed by atoms with Crippen molar-refractivity contribution in [3.63, 3.8) is 0 Å². The van der Waals surface area contributed by atoms with E-state index in [4.69, 9.17) is 23.7 Å². The van der Waals surface area contributed by atoms with Gasteiger partial charge in [-0.1, -0.05) is 24.3 Å². The zero-order valence-electron chi connectivity index (χ0n) is 32.7. The fourth-order valence-corrected chi connectivity index (χ4v) is 8.09. The summed E-state index contributed by atoms with van der Waals surface area (Å²) in [6, 6.07) is 4.99. The molecular formula is C41H50N4O10S2. The third-order valence-electron chi connectivity index (χ3n) is 9.81. The van der Waals surface area contributed by atoms with Crippen LogP contribution in [0.2, 0.25) is 0 Å². The van der Waals surface area contributed by atoms with E-state index in [9.17, 15) is 24.3 Å². The zero-order valence-corrected chi connectivity index (χ0v) is 34.4. The molecule has 4 aliphatic rings. The summed E-state index contributed by atoms with van der Waals surface area (Å²) < 4.78 is 28.6. The molecular weight excluding hydrogens is 773 g/mol. The Labute approximate surface area is 343 Å². The second-order valence-corrected chi connectivity index (χ2v) is 17.5. The molecule has 3 atom stereocenters. The van der Waals surface area contributed by atoms with Crippen molar-refractivity contribution < 1.29 is 48.0 Å². The number of thiol groups is 1. The van der Waals surface area contributed by atoms with Crippen LogP contribution in [0.4, 0.5) is 16.2 Å². The lowest BCUT2D eigenvalue weighted by Crippen LogP contribution is -2.51. The number of unbranched alkanes of at least 4 members (excludes halogenated alkanes) is 2. The number of benzene rings is 2. The molecule has 4 amide bonds. The molecule has 16 heteroatoms. The van der Waals surface area contributed by atoms with Crippen LogP contribution in [0.15, 0.2) is 48.6 Å². The van der Waals surface area contributed by atoms with E-state index in [1.165, 1.54) is 47.9 Å². The van der Waals surface area contributed by atoms with E-state index >= 15 is 0 Å². The summed E-state index contributed by atoms with van der Waals surface area (Å²) in [4.78, 5) is 57.8. The van der Waals surface area contributed by atoms with Gasteiger partial charge < -0.3 is 43.9 Å². The number of nitrogens with one attached hydrogen (secondary N) is 1. The number of fused-ring (bicyclic) bond motifs is 4. The zero-order chi connectivity index (χ0) is 41.6. The molecule has 0 saturated carbocycles. The number of terminal acetylenes is 1. The minimum absolute atomic E-state index is 0.0791. The second kappa shape index (κ2) is 18.5. The molecule has 2 aromatic carbocycles. The highest BCUT2D eigenvalue weighted by Crippen LogP contribution is 2.42. The van der Waals surface area contributed by atoms with Gasteiger partial charge in [0.15, 0.2) is 29.2 Å². The van der Waals surface area contributed by atoms with Crippen molar-refractivity contribution in [3.05, 3.63) is 59.7 Å². The van der Waals surface area contributed by atoms with Crippen LogP contribution in [-0.4, -0.2) is 114 Å². The lowest BCUT2D eigenvalue weighted by Gasteiger charge is -2.31. The first-order valence-electron chi connectivity index (χ1n) is 18.5. The number of thioether (sulfide) groups is 1. The van der Waals surface area contributed by atoms with Gasteiger partial charge in [0.2, 0.25) is 5.91 Å². The van der Waals surface area contributed by atoms with Gasteiger partial charge in [-0.25, -0.2) is 9.69 Å². The highest BCUT2D eigenvalue weighted by atomic mass is 32.2. The van der Waals surface area contributed by atoms with Crippen molar-refractivity contribution >= 4 is 59.6 Å². The fraction of sp³-hybridized carbons (Fsp3) is 0.463. The van der Waals surface area contributed by atoms with Crippen LogP contribution >= 0.6 is 24.4 Å². The van der Waals surface area contributed by atoms with Gasteiger partial charge in [0, 0.05) is 31.0 Å². The largest absolute Gasteiger partial charge is 0.493 e. The normalized spacial score (nSPS) is 19.9. The number of amides is 4. The van der Waals surface area contributed by atoms with Crippen LogP contribution in [0.1, 0.15) is 66.7 Å². The predicted octanol–water partition coefficient (Wildman–Crippen LogP) is 5.75. The Morgan fingerprint density at radius 2 is 1.46 bits per heavy atom. The first-order chi connectivity index (χ1) is 27.2. The van der Waals surface area contributed by atoms with Crippen LogP contribution in [0, 0.1) is 12.8 Å². The number of methoxy groups -OCH3 is 2. The molecule has 0 aromatic heterocycles. The van der Waals surface area contributed by atoms with Crippen molar-refractivity contribution in [2.75, 3.05) is 63.1 Å². The average Bonchev–Trinajstić information content (AvgIpc) is 3.74. The lowest BCUT2D eigenvalue weighted by molar-refractivity contribution is -0.119. The second-order valence-electron chi connectivity index (χ2n) is 14.4. The quantitative estimate of drug-likeness (QED) is 0.0702. The minimum atomic E-state index is -1.39. The number of hydrogen-bond donors (Lipinski definition) is 3. The maximum atomic E-state index is 13.8. The molecule has 0 aliphatic carbocycles. The summed E-state index contributed by atoms with van der Waals surface area (Å²) in [6.45, 7) is 13.1. The molecule has 2 aromatic rings. The van der Waals surface area contributed by atoms with Gasteiger partial charge >= 0.3 is 6.09 Å². The van der Waals surface area contributed by atoms with Crippen molar-refractivity contribution in [2.45, 2.75) is 68.3 Å². The Kier molecular flexibility index (Phi) is 14.0. The SMILES string of the molecule is C#C.C=C1CC2C(=O)Nc3cc(OCCCCCOc4cc5c(cc4OC)C(=O)N4CC(=C)C[C@H]4[C@H](O)N5C(=O)OCCSC(C)(C)S)c(OC)cc3C(=O)N2C1. The number of anilines is 2. The molecule has 0 bridgehead atoms. The van der Waals surface area contributed by atoms with Crippen molar-refractivity contribution in [2.24, 2.45) is 0 Å². The molecule has 0 radical (unpaired) electrons. The van der Waals surface area contributed by atoms with E-state index in [1.807, 2.05) is 13.8 Å². The Bertz CT molecular complexity index is 1930. The first-order valence-corrected chi connectivity index (χ1v) is 19.9. The van der Waals surface area contributed by atoms with Crippen molar-refractivity contribution in [3.8, 4) is 35.8 Å². The number of hydrogen-bond acceptors (Lipinski definition) is 12. The molecule has 2 saturated heterocycles. The van der Waals surface area contributed by atoms with Crippen LogP contribution < -0.4 is 29.2 Å². The van der Waals surface area contributed by atoms with Crippen LogP contribution in [0.3, 0.4) is 0 Å². The van der Waals surface area contributed by atoms with E-state index in [0.29, 0.717) is 85.3 Å². The average molecular weight is 823 g/mol. The lowest BCUT2D eigenvalue weighted by atomic mass is 10.1. The molecule has 57 heavy (non-hydrogen) atoms. The van der Waals surface area contributed by atoms with Gasteiger partial charge in [-0.05, 0) is 58.1 Å². The Morgan fingerprint density at radius 3 is 2.09 bits per heavy atom. The minimum Gasteiger partial charge on any atom is -0.493 e. The van der Waals surface area contributed by atoms with Crippen LogP contribution in [0.5, 0.6) is 23.0 Å².